The summed E-state index contributed by atoms with van der Waals surface area (Å²) >= 11 is 1.63. The molecule has 1 aromatic carbocycles. The molecule has 5 nitrogen and oxygen atoms in total. The predicted molar refractivity (Wildman–Crippen MR) is 105 cm³/mol. The number of sulfonamides is 1. The van der Waals surface area contributed by atoms with Crippen molar-refractivity contribution in [2.45, 2.75) is 30.7 Å². The van der Waals surface area contributed by atoms with Crippen LogP contribution < -0.4 is 4.72 Å². The highest BCUT2D eigenvalue weighted by Gasteiger charge is 2.25. The normalized spacial score (nSPS) is 17.3. The van der Waals surface area contributed by atoms with Crippen LogP contribution in [-0.2, 0) is 21.2 Å². The number of thiophene rings is 1. The highest BCUT2D eigenvalue weighted by Crippen LogP contribution is 2.24. The summed E-state index contributed by atoms with van der Waals surface area (Å²) in [6.07, 6.45) is 2.01. The molecule has 0 saturated carbocycles. The number of benzene rings is 1. The molecule has 7 heteroatoms. The minimum atomic E-state index is -3.52. The number of ether oxygens (including phenoxy) is 1. The first kappa shape index (κ1) is 19.5. The van der Waals surface area contributed by atoms with Gasteiger partial charge in [-0.1, -0.05) is 25.5 Å². The smallest absolute Gasteiger partial charge is 0.240 e. The van der Waals surface area contributed by atoms with E-state index in [1.807, 2.05) is 17.5 Å². The second-order valence-electron chi connectivity index (χ2n) is 6.47. The van der Waals surface area contributed by atoms with E-state index in [0.29, 0.717) is 24.7 Å². The van der Waals surface area contributed by atoms with E-state index in [4.69, 9.17) is 4.74 Å². The van der Waals surface area contributed by atoms with Crippen LogP contribution in [0.4, 0.5) is 0 Å². The molecule has 0 aliphatic carbocycles. The third kappa shape index (κ3) is 4.92. The number of hydrogen-bond donors (Lipinski definition) is 1. The fraction of sp³-hybridized carbons (Fsp3) is 0.474. The van der Waals surface area contributed by atoms with Crippen molar-refractivity contribution < 1.29 is 13.2 Å². The van der Waals surface area contributed by atoms with E-state index >= 15 is 0 Å². The summed E-state index contributed by atoms with van der Waals surface area (Å²) in [5, 5.41) is 4.12. The monoisotopic (exact) mass is 394 g/mol. The number of hydrogen-bond acceptors (Lipinski definition) is 5. The number of morpholine rings is 1. The van der Waals surface area contributed by atoms with Crippen molar-refractivity contribution in [3.63, 3.8) is 0 Å². The lowest BCUT2D eigenvalue weighted by Crippen LogP contribution is -2.43. The lowest BCUT2D eigenvalue weighted by molar-refractivity contribution is 0.0173. The molecule has 1 fully saturated rings. The van der Waals surface area contributed by atoms with Crippen molar-refractivity contribution in [1.82, 2.24) is 9.62 Å². The third-order valence-electron chi connectivity index (χ3n) is 4.65. The average molecular weight is 395 g/mol. The van der Waals surface area contributed by atoms with Crippen molar-refractivity contribution in [2.75, 3.05) is 32.8 Å². The number of aryl methyl sites for hydroxylation is 1. The van der Waals surface area contributed by atoms with Crippen LogP contribution >= 0.6 is 11.3 Å². The Bertz CT molecular complexity index is 768. The molecule has 0 spiro atoms. The van der Waals surface area contributed by atoms with Gasteiger partial charge in [-0.05, 0) is 46.5 Å². The summed E-state index contributed by atoms with van der Waals surface area (Å²) in [5.41, 5.74) is 2.31. The molecule has 1 aliphatic heterocycles. The first-order valence-corrected chi connectivity index (χ1v) is 11.5. The summed E-state index contributed by atoms with van der Waals surface area (Å²) in [5.74, 6) is 0. The van der Waals surface area contributed by atoms with Crippen LogP contribution in [0.1, 0.15) is 30.5 Å². The van der Waals surface area contributed by atoms with Crippen molar-refractivity contribution >= 4 is 21.4 Å². The van der Waals surface area contributed by atoms with Gasteiger partial charge in [0.15, 0.2) is 0 Å². The van der Waals surface area contributed by atoms with Gasteiger partial charge >= 0.3 is 0 Å². The average Bonchev–Trinajstić information content (AvgIpc) is 3.18. The van der Waals surface area contributed by atoms with Gasteiger partial charge in [0.25, 0.3) is 0 Å². The highest BCUT2D eigenvalue weighted by atomic mass is 32.2. The summed E-state index contributed by atoms with van der Waals surface area (Å²) in [7, 11) is -3.52. The van der Waals surface area contributed by atoms with Gasteiger partial charge in [-0.3, -0.25) is 4.90 Å². The van der Waals surface area contributed by atoms with Crippen LogP contribution in [0, 0.1) is 0 Å². The lowest BCUT2D eigenvalue weighted by atomic mass is 10.1. The first-order chi connectivity index (χ1) is 12.6. The molecule has 1 aromatic heterocycles. The molecule has 142 valence electrons. The molecule has 1 unspecified atom stereocenters. The van der Waals surface area contributed by atoms with Gasteiger partial charge in [0.2, 0.25) is 10.0 Å². The first-order valence-electron chi connectivity index (χ1n) is 9.02. The fourth-order valence-corrected chi connectivity index (χ4v) is 4.95. The maximum absolute atomic E-state index is 12.7. The lowest BCUT2D eigenvalue weighted by Gasteiger charge is -2.34. The topological polar surface area (TPSA) is 58.6 Å². The molecule has 1 N–H and O–H groups in total. The van der Waals surface area contributed by atoms with Gasteiger partial charge in [-0.2, -0.15) is 11.3 Å². The molecular formula is C19H26N2O3S2. The van der Waals surface area contributed by atoms with E-state index in [-0.39, 0.29) is 6.04 Å². The molecule has 1 saturated heterocycles. The molecule has 0 radical (unpaired) electrons. The maximum Gasteiger partial charge on any atom is 0.240 e. The predicted octanol–water partition coefficient (Wildman–Crippen LogP) is 3.05. The Morgan fingerprint density at radius 2 is 1.92 bits per heavy atom. The van der Waals surface area contributed by atoms with E-state index in [2.05, 4.69) is 28.0 Å². The van der Waals surface area contributed by atoms with Crippen molar-refractivity contribution in [1.29, 1.82) is 0 Å². The number of rotatable bonds is 8. The summed E-state index contributed by atoms with van der Waals surface area (Å²) in [6, 6.07) is 9.29. The van der Waals surface area contributed by atoms with Gasteiger partial charge in [0.1, 0.15) is 0 Å². The standard InChI is InChI=1S/C19H26N2O3S2/c1-2-3-16-4-6-18(7-5-16)26(22,23)20-14-19(17-8-13-25-15-17)21-9-11-24-12-10-21/h4-8,13,15,19-20H,2-3,9-12,14H2,1H3. The van der Waals surface area contributed by atoms with Gasteiger partial charge < -0.3 is 4.74 Å². The van der Waals surface area contributed by atoms with Crippen LogP contribution in [0.25, 0.3) is 0 Å². The van der Waals surface area contributed by atoms with Gasteiger partial charge in [0.05, 0.1) is 18.1 Å². The van der Waals surface area contributed by atoms with Crippen molar-refractivity contribution in [2.24, 2.45) is 0 Å². The second-order valence-corrected chi connectivity index (χ2v) is 9.01. The largest absolute Gasteiger partial charge is 0.379 e. The Hall–Kier alpha value is -1.25. The Kier molecular flexibility index (Phi) is 6.83. The molecule has 1 atom stereocenters. The maximum atomic E-state index is 12.7. The van der Waals surface area contributed by atoms with Gasteiger partial charge in [-0.15, -0.1) is 0 Å². The Labute approximate surface area is 160 Å². The number of nitrogens with zero attached hydrogens (tertiary/aromatic N) is 1. The van der Waals surface area contributed by atoms with Gasteiger partial charge in [0, 0.05) is 25.7 Å². The minimum Gasteiger partial charge on any atom is -0.379 e. The highest BCUT2D eigenvalue weighted by molar-refractivity contribution is 7.89. The molecule has 1 aliphatic rings. The summed E-state index contributed by atoms with van der Waals surface area (Å²) < 4.78 is 33.7. The molecule has 3 rings (SSSR count). The Balaban J connectivity index is 1.70. The SMILES string of the molecule is CCCc1ccc(S(=O)(=O)NCC(c2ccsc2)N2CCOCC2)cc1. The van der Waals surface area contributed by atoms with Crippen LogP contribution in [0.2, 0.25) is 0 Å². The van der Waals surface area contributed by atoms with Crippen LogP contribution in [-0.4, -0.2) is 46.2 Å². The minimum absolute atomic E-state index is 0.0271. The quantitative estimate of drug-likeness (QED) is 0.748. The Morgan fingerprint density at radius 1 is 1.19 bits per heavy atom. The third-order valence-corrected chi connectivity index (χ3v) is 6.79. The van der Waals surface area contributed by atoms with Gasteiger partial charge in [-0.25, -0.2) is 13.1 Å². The molecular weight excluding hydrogens is 368 g/mol. The molecule has 0 bridgehead atoms. The van der Waals surface area contributed by atoms with E-state index in [0.717, 1.165) is 37.1 Å². The molecule has 2 heterocycles. The summed E-state index contributed by atoms with van der Waals surface area (Å²) in [4.78, 5) is 2.61. The van der Waals surface area contributed by atoms with Crippen molar-refractivity contribution in [3.8, 4) is 0 Å². The molecule has 0 amide bonds. The zero-order valence-electron chi connectivity index (χ0n) is 15.1. The zero-order valence-corrected chi connectivity index (χ0v) is 16.7. The van der Waals surface area contributed by atoms with Crippen LogP contribution in [0.5, 0.6) is 0 Å². The molecule has 2 aromatic rings. The molecule has 26 heavy (non-hydrogen) atoms. The van der Waals surface area contributed by atoms with E-state index in [1.54, 1.807) is 23.5 Å². The Morgan fingerprint density at radius 3 is 2.54 bits per heavy atom. The van der Waals surface area contributed by atoms with Crippen molar-refractivity contribution in [3.05, 3.63) is 52.2 Å². The fourth-order valence-electron chi connectivity index (χ4n) is 3.21. The van der Waals surface area contributed by atoms with Crippen LogP contribution in [0.15, 0.2) is 46.0 Å². The summed E-state index contributed by atoms with van der Waals surface area (Å²) in [6.45, 7) is 5.47. The number of nitrogens with one attached hydrogen (secondary N) is 1. The van der Waals surface area contributed by atoms with E-state index < -0.39 is 10.0 Å². The van der Waals surface area contributed by atoms with E-state index in [1.165, 1.54) is 0 Å². The zero-order chi connectivity index (χ0) is 18.4. The second kappa shape index (κ2) is 9.10. The van der Waals surface area contributed by atoms with E-state index in [9.17, 15) is 8.42 Å². The van der Waals surface area contributed by atoms with Crippen LogP contribution in [0.3, 0.4) is 0 Å².